The summed E-state index contributed by atoms with van der Waals surface area (Å²) in [6, 6.07) is 4.52. The fourth-order valence-corrected chi connectivity index (χ4v) is 4.74. The maximum absolute atomic E-state index is 11.8. The van der Waals surface area contributed by atoms with Crippen LogP contribution in [0.3, 0.4) is 0 Å². The zero-order chi connectivity index (χ0) is 19.7. The van der Waals surface area contributed by atoms with Crippen molar-refractivity contribution in [3.05, 3.63) is 54.8 Å². The molecule has 8 heteroatoms. The van der Waals surface area contributed by atoms with Gasteiger partial charge in [-0.05, 0) is 47.7 Å². The Morgan fingerprint density at radius 2 is 1.93 bits per heavy atom. The number of nitrogens with zero attached hydrogens (tertiary/aromatic N) is 1. The zero-order valence-corrected chi connectivity index (χ0v) is 16.2. The van der Waals surface area contributed by atoms with E-state index in [1.165, 1.54) is 18.4 Å². The summed E-state index contributed by atoms with van der Waals surface area (Å²) in [5, 5.41) is 21.4. The Morgan fingerprint density at radius 1 is 1.26 bits per heavy atom. The summed E-state index contributed by atoms with van der Waals surface area (Å²) >= 11 is 1.19. The highest BCUT2D eigenvalue weighted by Crippen LogP contribution is 2.45. The molecule has 7 nitrogen and oxygen atoms in total. The molecule has 0 spiro atoms. The second kappa shape index (κ2) is 7.56. The molecule has 2 atom stereocenters. The number of ether oxygens (including phenoxy) is 2. The van der Waals surface area contributed by atoms with E-state index in [1.807, 2.05) is 13.0 Å². The van der Waals surface area contributed by atoms with Crippen molar-refractivity contribution >= 4 is 17.3 Å². The summed E-state index contributed by atoms with van der Waals surface area (Å²) in [6.45, 7) is 1.94. The van der Waals surface area contributed by atoms with Crippen molar-refractivity contribution in [3.8, 4) is 11.5 Å². The number of rotatable bonds is 6. The van der Waals surface area contributed by atoms with Gasteiger partial charge >= 0.3 is 5.97 Å². The Kier molecular flexibility index (Phi) is 5.36. The van der Waals surface area contributed by atoms with Crippen molar-refractivity contribution in [2.45, 2.75) is 38.1 Å². The van der Waals surface area contributed by atoms with Crippen molar-refractivity contribution in [3.63, 3.8) is 0 Å². The molecule has 1 aliphatic carbocycles. The maximum atomic E-state index is 11.8. The van der Waals surface area contributed by atoms with Crippen molar-refractivity contribution in [2.75, 3.05) is 14.2 Å². The van der Waals surface area contributed by atoms with Gasteiger partial charge in [-0.3, -0.25) is 10.1 Å². The quantitative estimate of drug-likeness (QED) is 0.595. The molecule has 1 N–H and O–H groups in total. The van der Waals surface area contributed by atoms with Crippen LogP contribution in [0.2, 0.25) is 0 Å². The molecule has 0 aliphatic heterocycles. The second-order valence-electron chi connectivity index (χ2n) is 6.43. The largest absolute Gasteiger partial charge is 0.493 e. The number of hydrogen-bond acceptors (Lipinski definition) is 6. The molecule has 27 heavy (non-hydrogen) atoms. The number of aromatic carboxylic acids is 1. The van der Waals surface area contributed by atoms with E-state index in [9.17, 15) is 20.0 Å². The number of aryl methyl sites for hydroxylation is 2. The maximum Gasteiger partial charge on any atom is 0.346 e. The van der Waals surface area contributed by atoms with E-state index in [1.54, 1.807) is 19.2 Å². The highest BCUT2D eigenvalue weighted by molar-refractivity contribution is 7.14. The van der Waals surface area contributed by atoms with E-state index < -0.39 is 17.9 Å². The first-order valence-corrected chi connectivity index (χ1v) is 9.47. The van der Waals surface area contributed by atoms with Gasteiger partial charge in [-0.2, -0.15) is 0 Å². The van der Waals surface area contributed by atoms with E-state index in [2.05, 4.69) is 0 Å². The number of carboxylic acid groups (broad SMARTS) is 1. The van der Waals surface area contributed by atoms with Crippen LogP contribution in [0.15, 0.2) is 18.2 Å². The van der Waals surface area contributed by atoms with Gasteiger partial charge in [-0.25, -0.2) is 4.79 Å². The predicted molar refractivity (Wildman–Crippen MR) is 101 cm³/mol. The Hall–Kier alpha value is -2.61. The number of carbonyl (C=O) groups is 1. The summed E-state index contributed by atoms with van der Waals surface area (Å²) in [5.74, 6) is -0.642. The van der Waals surface area contributed by atoms with Crippen LogP contribution in [0.25, 0.3) is 0 Å². The predicted octanol–water partition coefficient (Wildman–Crippen LogP) is 3.75. The molecule has 0 saturated carbocycles. The molecule has 1 aromatic carbocycles. The van der Waals surface area contributed by atoms with Crippen LogP contribution < -0.4 is 9.47 Å². The fourth-order valence-electron chi connectivity index (χ4n) is 3.75. The number of fused-ring (bicyclic) bond motifs is 1. The first-order valence-electron chi connectivity index (χ1n) is 8.65. The third-order valence-corrected chi connectivity index (χ3v) is 6.32. The molecular formula is C19H21NO6S. The van der Waals surface area contributed by atoms with Gasteiger partial charge in [-0.1, -0.05) is 6.92 Å². The van der Waals surface area contributed by atoms with Gasteiger partial charge in [0.1, 0.15) is 4.88 Å². The SMILES string of the molecule is CCc1cc(C2c3cc(OC)c(OC)cc3CCC2[N+](=O)[O-])c(C(=O)O)s1. The Balaban J connectivity index is 2.25. The van der Waals surface area contributed by atoms with Crippen LogP contribution in [0.5, 0.6) is 11.5 Å². The Morgan fingerprint density at radius 3 is 2.48 bits per heavy atom. The lowest BCUT2D eigenvalue weighted by molar-refractivity contribution is -0.526. The van der Waals surface area contributed by atoms with Crippen molar-refractivity contribution in [1.29, 1.82) is 0 Å². The molecule has 144 valence electrons. The fraction of sp³-hybridized carbons (Fsp3) is 0.421. The topological polar surface area (TPSA) is 98.9 Å². The summed E-state index contributed by atoms with van der Waals surface area (Å²) in [6.07, 6.45) is 1.56. The molecule has 0 fully saturated rings. The van der Waals surface area contributed by atoms with Gasteiger partial charge in [0.15, 0.2) is 11.5 Å². The third kappa shape index (κ3) is 3.37. The zero-order valence-electron chi connectivity index (χ0n) is 15.4. The lowest BCUT2D eigenvalue weighted by Gasteiger charge is -2.29. The van der Waals surface area contributed by atoms with Crippen LogP contribution in [0.1, 0.15) is 50.5 Å². The minimum atomic E-state index is -1.05. The highest BCUT2D eigenvalue weighted by atomic mass is 32.1. The molecule has 0 bridgehead atoms. The lowest BCUT2D eigenvalue weighted by Crippen LogP contribution is -2.33. The first kappa shape index (κ1) is 19.2. The van der Waals surface area contributed by atoms with Gasteiger partial charge in [0.05, 0.1) is 20.1 Å². The normalized spacial score (nSPS) is 18.6. The van der Waals surface area contributed by atoms with E-state index >= 15 is 0 Å². The monoisotopic (exact) mass is 391 g/mol. The number of carboxylic acids is 1. The molecular weight excluding hydrogens is 370 g/mol. The lowest BCUT2D eigenvalue weighted by atomic mass is 9.75. The Bertz CT molecular complexity index is 891. The van der Waals surface area contributed by atoms with Gasteiger partial charge in [0.2, 0.25) is 6.04 Å². The van der Waals surface area contributed by atoms with Crippen molar-refractivity contribution in [1.82, 2.24) is 0 Å². The average molecular weight is 391 g/mol. The van der Waals surface area contributed by atoms with Crippen molar-refractivity contribution in [2.24, 2.45) is 0 Å². The summed E-state index contributed by atoms with van der Waals surface area (Å²) < 4.78 is 10.7. The molecule has 1 heterocycles. The summed E-state index contributed by atoms with van der Waals surface area (Å²) in [5.41, 5.74) is 2.18. The molecule has 0 saturated heterocycles. The number of benzene rings is 1. The van der Waals surface area contributed by atoms with Crippen molar-refractivity contribution < 1.29 is 24.3 Å². The van der Waals surface area contributed by atoms with E-state index in [0.29, 0.717) is 36.3 Å². The van der Waals surface area contributed by atoms with E-state index in [0.717, 1.165) is 16.0 Å². The molecule has 2 unspecified atom stereocenters. The Labute approximate surface area is 160 Å². The number of methoxy groups -OCH3 is 2. The van der Waals surface area contributed by atoms with Crippen LogP contribution in [0, 0.1) is 10.1 Å². The minimum Gasteiger partial charge on any atom is -0.493 e. The molecule has 0 radical (unpaired) electrons. The molecule has 1 aliphatic rings. The minimum absolute atomic E-state index is 0.173. The van der Waals surface area contributed by atoms with E-state index in [4.69, 9.17) is 9.47 Å². The van der Waals surface area contributed by atoms with Gasteiger partial charge in [-0.15, -0.1) is 11.3 Å². The number of thiophene rings is 1. The van der Waals surface area contributed by atoms with Crippen LogP contribution in [-0.4, -0.2) is 36.3 Å². The van der Waals surface area contributed by atoms with Gasteiger partial charge < -0.3 is 14.6 Å². The van der Waals surface area contributed by atoms with E-state index in [-0.39, 0.29) is 9.80 Å². The number of hydrogen-bond donors (Lipinski definition) is 1. The standard InChI is InChI=1S/C19H21NO6S/c1-4-11-8-13(18(27-11)19(21)22)17-12-9-16(26-3)15(25-2)7-10(12)5-6-14(17)20(23)24/h7-9,14,17H,4-6H2,1-3H3,(H,21,22). The van der Waals surface area contributed by atoms with Crippen LogP contribution >= 0.6 is 11.3 Å². The second-order valence-corrected chi connectivity index (χ2v) is 7.57. The third-order valence-electron chi connectivity index (χ3n) is 5.04. The molecule has 2 aromatic rings. The molecule has 1 aromatic heterocycles. The number of nitro groups is 1. The molecule has 0 amide bonds. The van der Waals surface area contributed by atoms with Gasteiger partial charge in [0.25, 0.3) is 0 Å². The summed E-state index contributed by atoms with van der Waals surface area (Å²) in [4.78, 5) is 24.4. The molecule has 3 rings (SSSR count). The van der Waals surface area contributed by atoms with Crippen LogP contribution in [0.4, 0.5) is 0 Å². The van der Waals surface area contributed by atoms with Gasteiger partial charge in [0, 0.05) is 16.2 Å². The van der Waals surface area contributed by atoms with Crippen LogP contribution in [-0.2, 0) is 12.8 Å². The first-order chi connectivity index (χ1) is 12.9. The summed E-state index contributed by atoms with van der Waals surface area (Å²) in [7, 11) is 3.05. The average Bonchev–Trinajstić information content (AvgIpc) is 3.10. The smallest absolute Gasteiger partial charge is 0.346 e. The highest BCUT2D eigenvalue weighted by Gasteiger charge is 2.42.